The maximum atomic E-state index is 12.7. The maximum absolute atomic E-state index is 12.7. The first kappa shape index (κ1) is 32.4. The Morgan fingerprint density at radius 3 is 1.60 bits per heavy atom. The van der Waals surface area contributed by atoms with E-state index in [2.05, 4.69) is 20.5 Å². The van der Waals surface area contributed by atoms with Gasteiger partial charge < -0.3 is 11.5 Å². The van der Waals surface area contributed by atoms with E-state index in [-0.39, 0.29) is 5.70 Å². The molecule has 0 amide bonds. The number of hydrogen-bond donors (Lipinski definition) is 4. The number of rotatable bonds is 8. The number of nitrogens with two attached hydrogens (primary N) is 2. The van der Waals surface area contributed by atoms with Crippen LogP contribution in [0, 0.1) is 0 Å². The van der Waals surface area contributed by atoms with Gasteiger partial charge in [0.15, 0.2) is 0 Å². The van der Waals surface area contributed by atoms with E-state index in [1.165, 1.54) is 18.2 Å². The highest BCUT2D eigenvalue weighted by Gasteiger charge is 2.58. The second-order valence-electron chi connectivity index (χ2n) is 10.9. The van der Waals surface area contributed by atoms with Crippen LogP contribution < -0.4 is 11.5 Å². The zero-order chi connectivity index (χ0) is 34.1. The third kappa shape index (κ3) is 6.12. The first-order chi connectivity index (χ1) is 22.9. The van der Waals surface area contributed by atoms with Gasteiger partial charge in [0.2, 0.25) is 0 Å². The first-order valence-electron chi connectivity index (χ1n) is 14.4. The molecule has 5 aromatic carbocycles. The molecule has 5 aromatic rings. The standard InChI is InChI=1S/C34H28N6O6S2/c35-30-17-19-32(28-7-3-1-5-26(28)30)39-37-24-14-10-22(11-15-24)9-12-23-13-16-25(21-34(23,47(41,42)43)48(44,45)46)38-40-33-20-18-31(36)27-6-2-4-8-29(27)33/h1-20H,21,35-36H2,(H,41,42,43)(H,44,45,46). The van der Waals surface area contributed by atoms with Crippen LogP contribution in [0.1, 0.15) is 12.0 Å². The minimum atomic E-state index is -5.47. The molecule has 0 bridgehead atoms. The fraction of sp³-hybridized carbons (Fsp3) is 0.0588. The Kier molecular flexibility index (Phi) is 8.49. The summed E-state index contributed by atoms with van der Waals surface area (Å²) in [6, 6.07) is 28.1. The number of fused-ring (bicyclic) bond motifs is 2. The van der Waals surface area contributed by atoms with E-state index in [1.807, 2.05) is 24.3 Å². The van der Waals surface area contributed by atoms with Gasteiger partial charge in [-0.15, -0.1) is 5.11 Å². The monoisotopic (exact) mass is 680 g/mol. The fourth-order valence-corrected chi connectivity index (χ4v) is 8.03. The van der Waals surface area contributed by atoms with Crippen molar-refractivity contribution in [1.29, 1.82) is 0 Å². The molecule has 242 valence electrons. The number of nitrogens with zero attached hydrogens (tertiary/aromatic N) is 4. The zero-order valence-corrected chi connectivity index (χ0v) is 26.7. The quantitative estimate of drug-likeness (QED) is 0.0713. The smallest absolute Gasteiger partial charge is 0.292 e. The minimum absolute atomic E-state index is 0.119. The Hall–Kier alpha value is -5.54. The fourth-order valence-electron chi connectivity index (χ4n) is 5.43. The van der Waals surface area contributed by atoms with Crippen LogP contribution in [0.15, 0.2) is 147 Å². The summed E-state index contributed by atoms with van der Waals surface area (Å²) in [4.78, 5) is 0. The van der Waals surface area contributed by atoms with Crippen molar-refractivity contribution in [2.24, 2.45) is 20.5 Å². The Balaban J connectivity index is 1.30. The second-order valence-corrected chi connectivity index (χ2v) is 14.5. The number of hydrogen-bond acceptors (Lipinski definition) is 10. The van der Waals surface area contributed by atoms with Crippen molar-refractivity contribution in [1.82, 2.24) is 0 Å². The molecule has 0 spiro atoms. The minimum Gasteiger partial charge on any atom is -0.398 e. The summed E-state index contributed by atoms with van der Waals surface area (Å²) in [6.45, 7) is 0. The van der Waals surface area contributed by atoms with Gasteiger partial charge >= 0.3 is 0 Å². The van der Waals surface area contributed by atoms with Crippen LogP contribution in [0.4, 0.5) is 28.4 Å². The van der Waals surface area contributed by atoms with Crippen LogP contribution >= 0.6 is 0 Å². The molecule has 14 heteroatoms. The van der Waals surface area contributed by atoms with E-state index in [0.717, 1.165) is 22.2 Å². The van der Waals surface area contributed by atoms with Gasteiger partial charge in [-0.25, -0.2) is 0 Å². The summed E-state index contributed by atoms with van der Waals surface area (Å²) >= 11 is 0. The number of nitrogen functional groups attached to an aromatic ring is 2. The van der Waals surface area contributed by atoms with Crippen molar-refractivity contribution in [2.45, 2.75) is 10.5 Å². The summed E-state index contributed by atoms with van der Waals surface area (Å²) in [5.74, 6) is 0. The molecule has 6 rings (SSSR count). The van der Waals surface area contributed by atoms with Crippen LogP contribution in [0.5, 0.6) is 0 Å². The van der Waals surface area contributed by atoms with Crippen LogP contribution in [-0.2, 0) is 20.2 Å². The van der Waals surface area contributed by atoms with E-state index in [1.54, 1.807) is 72.8 Å². The van der Waals surface area contributed by atoms with Crippen molar-refractivity contribution in [3.63, 3.8) is 0 Å². The molecule has 48 heavy (non-hydrogen) atoms. The van der Waals surface area contributed by atoms with E-state index >= 15 is 0 Å². The number of anilines is 2. The van der Waals surface area contributed by atoms with E-state index < -0.39 is 36.3 Å². The molecule has 0 aliphatic heterocycles. The molecular formula is C34H28N6O6S2. The molecule has 0 fully saturated rings. The highest BCUT2D eigenvalue weighted by atomic mass is 32.3. The highest BCUT2D eigenvalue weighted by Crippen LogP contribution is 2.42. The molecule has 1 aliphatic carbocycles. The van der Waals surface area contributed by atoms with E-state index in [9.17, 15) is 25.9 Å². The summed E-state index contributed by atoms with van der Waals surface area (Å²) in [7, 11) is -10.9. The molecule has 6 N–H and O–H groups in total. The topological polar surface area (TPSA) is 210 Å². The number of allylic oxidation sites excluding steroid dienone is 4. The molecule has 0 unspecified atom stereocenters. The Labute approximate surface area is 276 Å². The van der Waals surface area contributed by atoms with E-state index in [0.29, 0.717) is 39.4 Å². The summed E-state index contributed by atoms with van der Waals surface area (Å²) in [5, 5.41) is 20.0. The van der Waals surface area contributed by atoms with Crippen molar-refractivity contribution < 1.29 is 25.9 Å². The molecule has 12 nitrogen and oxygen atoms in total. The molecule has 0 heterocycles. The van der Waals surface area contributed by atoms with Crippen molar-refractivity contribution in [2.75, 3.05) is 11.5 Å². The van der Waals surface area contributed by atoms with Gasteiger partial charge in [0.05, 0.1) is 22.8 Å². The Morgan fingerprint density at radius 2 is 1.08 bits per heavy atom. The number of benzene rings is 5. The largest absolute Gasteiger partial charge is 0.398 e. The van der Waals surface area contributed by atoms with Gasteiger partial charge in [-0.05, 0) is 53.6 Å². The Bertz CT molecular complexity index is 2420. The van der Waals surface area contributed by atoms with Crippen molar-refractivity contribution in [3.8, 4) is 0 Å². The lowest BCUT2D eigenvalue weighted by Crippen LogP contribution is -2.48. The predicted octanol–water partition coefficient (Wildman–Crippen LogP) is 8.06. The molecule has 0 atom stereocenters. The van der Waals surface area contributed by atoms with Crippen molar-refractivity contribution in [3.05, 3.63) is 132 Å². The highest BCUT2D eigenvalue weighted by molar-refractivity contribution is 8.05. The second kappa shape index (κ2) is 12.6. The van der Waals surface area contributed by atoms with Crippen LogP contribution in [0.2, 0.25) is 0 Å². The van der Waals surface area contributed by atoms with Crippen molar-refractivity contribution >= 4 is 76.3 Å². The summed E-state index contributed by atoms with van der Waals surface area (Å²) < 4.78 is 68.3. The summed E-state index contributed by atoms with van der Waals surface area (Å²) in [5.41, 5.74) is 14.8. The molecular weight excluding hydrogens is 653 g/mol. The van der Waals surface area contributed by atoms with Crippen LogP contribution in [-0.4, -0.2) is 30.0 Å². The average molecular weight is 681 g/mol. The maximum Gasteiger partial charge on any atom is 0.292 e. The lowest BCUT2D eigenvalue weighted by Gasteiger charge is -2.30. The molecule has 0 aromatic heterocycles. The van der Waals surface area contributed by atoms with E-state index in [4.69, 9.17) is 11.5 Å². The Morgan fingerprint density at radius 1 is 0.583 bits per heavy atom. The van der Waals surface area contributed by atoms with Gasteiger partial charge in [-0.2, -0.15) is 32.2 Å². The average Bonchev–Trinajstić information content (AvgIpc) is 3.06. The molecule has 0 radical (unpaired) electrons. The van der Waals surface area contributed by atoms with Crippen LogP contribution in [0.25, 0.3) is 27.6 Å². The number of azo groups is 2. The normalized spacial score (nSPS) is 15.5. The SMILES string of the molecule is Nc1ccc(N=NC2=CC=C(C=Cc3ccc(N=Nc4ccc(N)c5ccccc45)cc3)C(S(=O)(=O)O)(S(=O)(=O)O)C2)c2ccccc12. The van der Waals surface area contributed by atoms with Crippen LogP contribution in [0.3, 0.4) is 0 Å². The third-order valence-corrected chi connectivity index (χ3v) is 11.6. The van der Waals surface area contributed by atoms with Gasteiger partial charge in [0.1, 0.15) is 0 Å². The first-order valence-corrected chi connectivity index (χ1v) is 17.3. The van der Waals surface area contributed by atoms with Gasteiger partial charge in [0.25, 0.3) is 24.3 Å². The lowest BCUT2D eigenvalue weighted by atomic mass is 10.00. The lowest BCUT2D eigenvalue weighted by molar-refractivity contribution is 0.432. The summed E-state index contributed by atoms with van der Waals surface area (Å²) in [6.07, 6.45) is 4.23. The predicted molar refractivity (Wildman–Crippen MR) is 187 cm³/mol. The molecule has 1 aliphatic rings. The van der Waals surface area contributed by atoms with Gasteiger partial charge in [-0.1, -0.05) is 78.9 Å². The zero-order valence-electron chi connectivity index (χ0n) is 25.0. The molecule has 0 saturated carbocycles. The third-order valence-electron chi connectivity index (χ3n) is 7.92. The van der Waals surface area contributed by atoms with Gasteiger partial charge in [-0.3, -0.25) is 9.11 Å². The van der Waals surface area contributed by atoms with Gasteiger partial charge in [0, 0.05) is 39.3 Å². The molecule has 0 saturated heterocycles.